The monoisotopic (exact) mass is 618 g/mol. The number of hydroxylamine groups is 1. The fraction of sp³-hybridized carbons (Fsp3) is 0.944. The summed E-state index contributed by atoms with van der Waals surface area (Å²) in [6.07, 6.45) is 25.5. The maximum Gasteiger partial charge on any atom is 0.307 e. The van der Waals surface area contributed by atoms with Gasteiger partial charge >= 0.3 is 5.97 Å². The average molecular weight is 619 g/mol. The summed E-state index contributed by atoms with van der Waals surface area (Å²) in [5, 5.41) is 22.3. The van der Waals surface area contributed by atoms with Crippen molar-refractivity contribution in [1.29, 1.82) is 0 Å². The van der Waals surface area contributed by atoms with Gasteiger partial charge in [-0.15, -0.1) is 0 Å². The Balaban J connectivity index is 1.02. The standard InChI is InChI=1S/C36H62N2O6/c39-35(34-22-28(12-18-33(34)36(40)41)20-26-9-5-2-6-10-26)37-31-14-16-32(17-15-31)38-43-23-30-21-27(11-13-29(30)24-44-42)19-25-7-3-1-4-8-25/h25-34,38,42H,1-24H2,(H,37,39)(H,40,41). The van der Waals surface area contributed by atoms with Crippen molar-refractivity contribution < 1.29 is 29.7 Å². The van der Waals surface area contributed by atoms with Crippen LogP contribution in [0.15, 0.2) is 0 Å². The van der Waals surface area contributed by atoms with E-state index in [4.69, 9.17) is 10.1 Å². The van der Waals surface area contributed by atoms with Crippen LogP contribution in [0.25, 0.3) is 0 Å². The smallest absolute Gasteiger partial charge is 0.307 e. The van der Waals surface area contributed by atoms with Gasteiger partial charge in [0.1, 0.15) is 0 Å². The second kappa shape index (κ2) is 17.6. The van der Waals surface area contributed by atoms with Crippen LogP contribution in [0.2, 0.25) is 0 Å². The van der Waals surface area contributed by atoms with E-state index in [9.17, 15) is 14.7 Å². The second-order valence-electron chi connectivity index (χ2n) is 15.7. The van der Waals surface area contributed by atoms with Crippen molar-refractivity contribution in [2.75, 3.05) is 13.2 Å². The Hall–Kier alpha value is -1.22. The molecule has 1 amide bonds. The molecule has 0 aromatic carbocycles. The van der Waals surface area contributed by atoms with E-state index in [0.717, 1.165) is 69.1 Å². The lowest BCUT2D eigenvalue weighted by Crippen LogP contribution is -2.48. The Morgan fingerprint density at radius 3 is 1.80 bits per heavy atom. The molecule has 252 valence electrons. The van der Waals surface area contributed by atoms with E-state index in [1.807, 2.05) is 0 Å². The molecule has 0 spiro atoms. The summed E-state index contributed by atoms with van der Waals surface area (Å²) in [6, 6.07) is 0.373. The van der Waals surface area contributed by atoms with Crippen LogP contribution in [-0.2, 0) is 19.3 Å². The fourth-order valence-corrected chi connectivity index (χ4v) is 9.94. The van der Waals surface area contributed by atoms with Gasteiger partial charge < -0.3 is 15.3 Å². The third-order valence-electron chi connectivity index (χ3n) is 12.6. The highest BCUT2D eigenvalue weighted by molar-refractivity contribution is 5.85. The van der Waals surface area contributed by atoms with Gasteiger partial charge in [-0.05, 0) is 106 Å². The minimum atomic E-state index is -0.808. The first-order chi connectivity index (χ1) is 21.5. The highest BCUT2D eigenvalue weighted by atomic mass is 17.1. The van der Waals surface area contributed by atoms with Crippen LogP contribution in [0.5, 0.6) is 0 Å². The van der Waals surface area contributed by atoms with E-state index in [-0.39, 0.29) is 18.0 Å². The third-order valence-corrected chi connectivity index (χ3v) is 12.6. The maximum absolute atomic E-state index is 13.4. The molecule has 4 N–H and O–H groups in total. The minimum absolute atomic E-state index is 0.0318. The first-order valence-electron chi connectivity index (χ1n) is 18.6. The van der Waals surface area contributed by atoms with Gasteiger partial charge in [0.25, 0.3) is 0 Å². The molecule has 6 unspecified atom stereocenters. The molecule has 5 aliphatic rings. The molecule has 0 aromatic heterocycles. The molecule has 0 aliphatic heterocycles. The fourth-order valence-electron chi connectivity index (χ4n) is 9.94. The molecule has 5 aliphatic carbocycles. The number of carboxylic acid groups (broad SMARTS) is 1. The average Bonchev–Trinajstić information content (AvgIpc) is 3.04. The van der Waals surface area contributed by atoms with Crippen LogP contribution >= 0.6 is 0 Å². The highest BCUT2D eigenvalue weighted by Gasteiger charge is 2.41. The molecule has 8 nitrogen and oxygen atoms in total. The Morgan fingerprint density at radius 1 is 0.591 bits per heavy atom. The lowest BCUT2D eigenvalue weighted by Gasteiger charge is -2.38. The lowest BCUT2D eigenvalue weighted by atomic mass is 9.69. The predicted octanol–water partition coefficient (Wildman–Crippen LogP) is 7.52. The summed E-state index contributed by atoms with van der Waals surface area (Å²) in [4.78, 5) is 36.2. The normalized spacial score (nSPS) is 36.1. The summed E-state index contributed by atoms with van der Waals surface area (Å²) < 4.78 is 0. The van der Waals surface area contributed by atoms with E-state index < -0.39 is 17.8 Å². The van der Waals surface area contributed by atoms with Crippen LogP contribution in [-0.4, -0.2) is 47.5 Å². The number of hydrogen-bond acceptors (Lipinski definition) is 6. The molecular weight excluding hydrogens is 556 g/mol. The Morgan fingerprint density at radius 2 is 1.18 bits per heavy atom. The molecule has 6 atom stereocenters. The van der Waals surface area contributed by atoms with Gasteiger partial charge in [-0.1, -0.05) is 70.6 Å². The number of carboxylic acids is 1. The summed E-state index contributed by atoms with van der Waals surface area (Å²) in [5.74, 6) is 1.84. The van der Waals surface area contributed by atoms with Crippen molar-refractivity contribution in [2.45, 2.75) is 153 Å². The van der Waals surface area contributed by atoms with Crippen LogP contribution < -0.4 is 10.8 Å². The minimum Gasteiger partial charge on any atom is -0.481 e. The van der Waals surface area contributed by atoms with E-state index in [0.29, 0.717) is 37.4 Å². The third kappa shape index (κ3) is 10.1. The van der Waals surface area contributed by atoms with Crippen molar-refractivity contribution >= 4 is 11.9 Å². The largest absolute Gasteiger partial charge is 0.481 e. The summed E-state index contributed by atoms with van der Waals surface area (Å²) >= 11 is 0. The van der Waals surface area contributed by atoms with Gasteiger partial charge in [0.05, 0.1) is 25.0 Å². The van der Waals surface area contributed by atoms with Crippen molar-refractivity contribution in [3.05, 3.63) is 0 Å². The van der Waals surface area contributed by atoms with Gasteiger partial charge in [-0.3, -0.25) is 14.8 Å². The molecular formula is C36H62N2O6. The first kappa shape index (κ1) is 34.1. The van der Waals surface area contributed by atoms with Gasteiger partial charge in [0.2, 0.25) is 5.91 Å². The Kier molecular flexibility index (Phi) is 13.7. The van der Waals surface area contributed by atoms with Gasteiger partial charge in [-0.2, -0.15) is 5.48 Å². The maximum atomic E-state index is 13.4. The second-order valence-corrected chi connectivity index (χ2v) is 15.7. The molecule has 0 heterocycles. The number of nitrogens with one attached hydrogen (secondary N) is 2. The molecule has 0 saturated heterocycles. The number of carbonyl (C=O) groups excluding carboxylic acids is 1. The molecule has 5 saturated carbocycles. The quantitative estimate of drug-likeness (QED) is 0.125. The Bertz CT molecular complexity index is 867. The van der Waals surface area contributed by atoms with E-state index >= 15 is 0 Å². The zero-order chi connectivity index (χ0) is 30.7. The zero-order valence-corrected chi connectivity index (χ0v) is 27.3. The first-order valence-corrected chi connectivity index (χ1v) is 18.6. The van der Waals surface area contributed by atoms with Crippen molar-refractivity contribution in [2.24, 2.45) is 47.3 Å². The van der Waals surface area contributed by atoms with Crippen LogP contribution in [0.1, 0.15) is 141 Å². The molecule has 8 heteroatoms. The molecule has 44 heavy (non-hydrogen) atoms. The topological polar surface area (TPSA) is 117 Å². The molecule has 5 rings (SSSR count). The van der Waals surface area contributed by atoms with Crippen molar-refractivity contribution in [3.8, 4) is 0 Å². The van der Waals surface area contributed by atoms with Crippen molar-refractivity contribution in [1.82, 2.24) is 10.8 Å². The van der Waals surface area contributed by atoms with Crippen LogP contribution in [0, 0.1) is 47.3 Å². The van der Waals surface area contributed by atoms with Crippen LogP contribution in [0.4, 0.5) is 0 Å². The number of hydrogen-bond donors (Lipinski definition) is 4. The van der Waals surface area contributed by atoms with Gasteiger partial charge in [0, 0.05) is 12.1 Å². The molecule has 0 radical (unpaired) electrons. The molecule has 5 fully saturated rings. The van der Waals surface area contributed by atoms with Crippen LogP contribution in [0.3, 0.4) is 0 Å². The predicted molar refractivity (Wildman–Crippen MR) is 171 cm³/mol. The summed E-state index contributed by atoms with van der Waals surface area (Å²) in [7, 11) is 0. The Labute approximate surface area is 266 Å². The zero-order valence-electron chi connectivity index (χ0n) is 27.3. The SMILES string of the molecule is O=C(O)C1CCC(CC2CCCCC2)CC1C(=O)NC1CCC(NOCC2CC(CC3CCCCC3)CCC2COO)CC1. The molecule has 0 aromatic rings. The van der Waals surface area contributed by atoms with Gasteiger partial charge in [-0.25, -0.2) is 4.89 Å². The van der Waals surface area contributed by atoms with Crippen molar-refractivity contribution in [3.63, 3.8) is 0 Å². The van der Waals surface area contributed by atoms with E-state index in [1.165, 1.54) is 83.5 Å². The lowest BCUT2D eigenvalue weighted by molar-refractivity contribution is -0.257. The number of amides is 1. The number of carbonyl (C=O) groups is 2. The summed E-state index contributed by atoms with van der Waals surface area (Å²) in [6.45, 7) is 1.03. The highest BCUT2D eigenvalue weighted by Crippen LogP contribution is 2.41. The summed E-state index contributed by atoms with van der Waals surface area (Å²) in [5.41, 5.74) is 3.34. The van der Waals surface area contributed by atoms with E-state index in [1.54, 1.807) is 0 Å². The van der Waals surface area contributed by atoms with Gasteiger partial charge in [0.15, 0.2) is 0 Å². The number of rotatable bonds is 13. The number of aliphatic carboxylic acids is 1. The van der Waals surface area contributed by atoms with E-state index in [2.05, 4.69) is 15.7 Å². The molecule has 0 bridgehead atoms.